The lowest BCUT2D eigenvalue weighted by Crippen LogP contribution is -2.37. The molecule has 0 aromatic heterocycles. The van der Waals surface area contributed by atoms with Gasteiger partial charge in [0.1, 0.15) is 0 Å². The second kappa shape index (κ2) is 7.21. The van der Waals surface area contributed by atoms with Gasteiger partial charge in [0.05, 0.1) is 0 Å². The second-order valence-electron chi connectivity index (χ2n) is 2.30. The van der Waals surface area contributed by atoms with E-state index in [-0.39, 0.29) is 9.76 Å². The Bertz CT molecular complexity index is 72.8. The largest absolute Gasteiger partial charge is 0.426 e. The Kier molecular flexibility index (Phi) is 7.28. The van der Waals surface area contributed by atoms with E-state index in [4.69, 9.17) is 10.2 Å². The van der Waals surface area contributed by atoms with E-state index in [2.05, 4.69) is 12.2 Å². The van der Waals surface area contributed by atoms with Gasteiger partial charge in [0.25, 0.3) is 0 Å². The van der Waals surface area contributed by atoms with E-state index in [1.54, 1.807) is 7.11 Å². The lowest BCUT2D eigenvalue weighted by molar-refractivity contribution is 0.417. The van der Waals surface area contributed by atoms with E-state index >= 15 is 0 Å². The molecule has 0 bridgehead atoms. The van der Waals surface area contributed by atoms with Crippen molar-refractivity contribution in [3.8, 4) is 0 Å². The molecule has 62 valence electrons. The molecule has 0 spiro atoms. The van der Waals surface area contributed by atoms with Crippen molar-refractivity contribution in [2.24, 2.45) is 5.73 Å². The maximum Gasteiger partial charge on any atom is 0.177 e. The van der Waals surface area contributed by atoms with Crippen LogP contribution in [0.15, 0.2) is 0 Å². The molecule has 0 heterocycles. The molecule has 0 saturated heterocycles. The molecule has 0 fully saturated rings. The van der Waals surface area contributed by atoms with Gasteiger partial charge < -0.3 is 15.5 Å². The van der Waals surface area contributed by atoms with Gasteiger partial charge in [-0.2, -0.15) is 0 Å². The number of hydrogen-bond donors (Lipinski definition) is 2. The molecule has 1 atom stereocenters. The van der Waals surface area contributed by atoms with Crippen molar-refractivity contribution in [2.75, 3.05) is 20.2 Å². The summed E-state index contributed by atoms with van der Waals surface area (Å²) in [5.41, 5.74) is 5.94. The normalized spacial score (nSPS) is 14.7. The molecule has 0 aliphatic heterocycles. The average molecular weight is 162 g/mol. The Balaban J connectivity index is 3.21. The van der Waals surface area contributed by atoms with Crippen LogP contribution in [0.25, 0.3) is 0 Å². The average Bonchev–Trinajstić information content (AvgIpc) is 1.98. The summed E-state index contributed by atoms with van der Waals surface area (Å²) in [6, 6.07) is 0. The van der Waals surface area contributed by atoms with Crippen molar-refractivity contribution in [2.45, 2.75) is 19.0 Å². The topological polar surface area (TPSA) is 47.3 Å². The third kappa shape index (κ3) is 4.93. The molecule has 0 amide bonds. The SMILES string of the molecule is CCC(NCCN)[SiH2]OC. The van der Waals surface area contributed by atoms with E-state index in [0.717, 1.165) is 13.0 Å². The van der Waals surface area contributed by atoms with Crippen LogP contribution in [0.3, 0.4) is 0 Å². The Labute approximate surface area is 65.3 Å². The van der Waals surface area contributed by atoms with Gasteiger partial charge >= 0.3 is 0 Å². The predicted octanol–water partition coefficient (Wildman–Crippen LogP) is -0.999. The first-order valence-electron chi connectivity index (χ1n) is 3.77. The lowest BCUT2D eigenvalue weighted by atomic mass is 10.4. The second-order valence-corrected chi connectivity index (χ2v) is 4.20. The van der Waals surface area contributed by atoms with Crippen LogP contribution in [-0.2, 0) is 4.43 Å². The van der Waals surface area contributed by atoms with Crippen LogP contribution in [0.1, 0.15) is 13.3 Å². The van der Waals surface area contributed by atoms with Gasteiger partial charge in [-0.25, -0.2) is 0 Å². The van der Waals surface area contributed by atoms with Crippen molar-refractivity contribution in [3.63, 3.8) is 0 Å². The molecule has 0 aromatic carbocycles. The number of rotatable bonds is 6. The molecule has 0 rings (SSSR count). The summed E-state index contributed by atoms with van der Waals surface area (Å²) in [6.45, 7) is 3.80. The number of nitrogens with one attached hydrogen (secondary N) is 1. The minimum absolute atomic E-state index is 0.351. The highest BCUT2D eigenvalue weighted by atomic mass is 28.2. The lowest BCUT2D eigenvalue weighted by Gasteiger charge is -2.13. The predicted molar refractivity (Wildman–Crippen MR) is 46.7 cm³/mol. The standard InChI is InChI=1S/C6H18N2OSi/c1-3-6(10-9-2)8-5-4-7/h6,8H,3-5,7,10H2,1-2H3. The maximum atomic E-state index is 5.34. The highest BCUT2D eigenvalue weighted by Crippen LogP contribution is 1.86. The molecule has 4 heteroatoms. The van der Waals surface area contributed by atoms with Crippen LogP contribution in [-0.4, -0.2) is 35.6 Å². The summed E-state index contributed by atoms with van der Waals surface area (Å²) in [5.74, 6) is 0. The zero-order valence-corrected chi connectivity index (χ0v) is 8.31. The van der Waals surface area contributed by atoms with Crippen molar-refractivity contribution in [1.29, 1.82) is 0 Å². The van der Waals surface area contributed by atoms with Gasteiger partial charge in [0.15, 0.2) is 9.76 Å². The Morgan fingerprint density at radius 3 is 2.80 bits per heavy atom. The zero-order chi connectivity index (χ0) is 7.82. The monoisotopic (exact) mass is 162 g/mol. The quantitative estimate of drug-likeness (QED) is 0.493. The minimum atomic E-state index is -0.351. The van der Waals surface area contributed by atoms with Crippen LogP contribution < -0.4 is 11.1 Å². The maximum absolute atomic E-state index is 5.34. The summed E-state index contributed by atoms with van der Waals surface area (Å²) < 4.78 is 5.13. The third-order valence-electron chi connectivity index (χ3n) is 1.44. The number of hydrogen-bond acceptors (Lipinski definition) is 3. The molecule has 3 N–H and O–H groups in total. The molecule has 0 aromatic rings. The number of nitrogens with two attached hydrogens (primary N) is 1. The molecule has 0 aliphatic rings. The first-order valence-corrected chi connectivity index (χ1v) is 5.16. The zero-order valence-electron chi connectivity index (χ0n) is 6.89. The summed E-state index contributed by atoms with van der Waals surface area (Å²) in [5, 5.41) is 3.33. The molecule has 3 nitrogen and oxygen atoms in total. The Morgan fingerprint density at radius 1 is 1.70 bits per heavy atom. The molecule has 0 aliphatic carbocycles. The van der Waals surface area contributed by atoms with Crippen LogP contribution in [0.4, 0.5) is 0 Å². The Morgan fingerprint density at radius 2 is 2.40 bits per heavy atom. The van der Waals surface area contributed by atoms with Crippen LogP contribution in [0.5, 0.6) is 0 Å². The first-order chi connectivity index (χ1) is 4.85. The molecular formula is C6H18N2OSi. The Hall–Kier alpha value is 0.0969. The van der Waals surface area contributed by atoms with Crippen molar-refractivity contribution in [3.05, 3.63) is 0 Å². The van der Waals surface area contributed by atoms with Crippen LogP contribution in [0, 0.1) is 0 Å². The first kappa shape index (κ1) is 10.1. The van der Waals surface area contributed by atoms with Crippen LogP contribution in [0.2, 0.25) is 0 Å². The molecule has 0 saturated carbocycles. The fourth-order valence-electron chi connectivity index (χ4n) is 0.810. The fraction of sp³-hybridized carbons (Fsp3) is 1.00. The highest BCUT2D eigenvalue weighted by molar-refractivity contribution is 6.29. The highest BCUT2D eigenvalue weighted by Gasteiger charge is 2.03. The summed E-state index contributed by atoms with van der Waals surface area (Å²) >= 11 is 0. The van der Waals surface area contributed by atoms with Gasteiger partial charge in [0, 0.05) is 25.9 Å². The summed E-state index contributed by atoms with van der Waals surface area (Å²) in [4.78, 5) is 0. The molecular weight excluding hydrogens is 144 g/mol. The van der Waals surface area contributed by atoms with E-state index in [9.17, 15) is 0 Å². The van der Waals surface area contributed by atoms with Crippen molar-refractivity contribution >= 4 is 9.76 Å². The minimum Gasteiger partial charge on any atom is -0.426 e. The van der Waals surface area contributed by atoms with Gasteiger partial charge in [-0.3, -0.25) is 0 Å². The smallest absolute Gasteiger partial charge is 0.177 e. The van der Waals surface area contributed by atoms with E-state index < -0.39 is 0 Å². The molecule has 0 radical (unpaired) electrons. The summed E-state index contributed by atoms with van der Waals surface area (Å²) in [7, 11) is 1.43. The van der Waals surface area contributed by atoms with Gasteiger partial charge in [-0.05, 0) is 6.42 Å². The van der Waals surface area contributed by atoms with Crippen molar-refractivity contribution in [1.82, 2.24) is 5.32 Å². The van der Waals surface area contributed by atoms with Crippen LogP contribution >= 0.6 is 0 Å². The van der Waals surface area contributed by atoms with Gasteiger partial charge in [-0.15, -0.1) is 0 Å². The van der Waals surface area contributed by atoms with E-state index in [1.165, 1.54) is 0 Å². The molecule has 1 unspecified atom stereocenters. The molecule has 10 heavy (non-hydrogen) atoms. The fourth-order valence-corrected chi connectivity index (χ4v) is 1.77. The van der Waals surface area contributed by atoms with Gasteiger partial charge in [-0.1, -0.05) is 6.92 Å². The van der Waals surface area contributed by atoms with E-state index in [1.807, 2.05) is 0 Å². The van der Waals surface area contributed by atoms with Gasteiger partial charge in [0.2, 0.25) is 0 Å². The van der Waals surface area contributed by atoms with E-state index in [0.29, 0.717) is 12.2 Å². The summed E-state index contributed by atoms with van der Waals surface area (Å²) in [6.07, 6.45) is 1.15. The third-order valence-corrected chi connectivity index (χ3v) is 3.04. The van der Waals surface area contributed by atoms with Crippen molar-refractivity contribution < 1.29 is 4.43 Å².